The summed E-state index contributed by atoms with van der Waals surface area (Å²) in [6.45, 7) is 1.76. The number of halogens is 3. The standard InChI is InChI=1S/C24H17F3O/c1-14-21(17-11-19(26)13-20(27)12-17)22(15-5-3-2-4-6-15)23(24(14)28)16-7-9-18(25)10-8-16/h2-14,21H,1H3/t14-,21?/m0/s1. The van der Waals surface area contributed by atoms with Crippen molar-refractivity contribution < 1.29 is 18.0 Å². The zero-order valence-corrected chi connectivity index (χ0v) is 15.1. The van der Waals surface area contributed by atoms with E-state index in [0.29, 0.717) is 22.3 Å². The largest absolute Gasteiger partial charge is 0.294 e. The molecule has 0 saturated carbocycles. The Morgan fingerprint density at radius 3 is 1.93 bits per heavy atom. The van der Waals surface area contributed by atoms with Gasteiger partial charge in [-0.25, -0.2) is 13.2 Å². The van der Waals surface area contributed by atoms with Crippen molar-refractivity contribution >= 4 is 16.9 Å². The van der Waals surface area contributed by atoms with Crippen molar-refractivity contribution in [1.29, 1.82) is 0 Å². The Morgan fingerprint density at radius 2 is 1.32 bits per heavy atom. The highest BCUT2D eigenvalue weighted by molar-refractivity contribution is 6.33. The van der Waals surface area contributed by atoms with Crippen LogP contribution in [0, 0.1) is 23.4 Å². The molecule has 4 rings (SSSR count). The second-order valence-electron chi connectivity index (χ2n) is 6.99. The fourth-order valence-electron chi connectivity index (χ4n) is 3.98. The van der Waals surface area contributed by atoms with E-state index in [0.717, 1.165) is 11.6 Å². The molecule has 28 heavy (non-hydrogen) atoms. The van der Waals surface area contributed by atoms with E-state index in [2.05, 4.69) is 0 Å². The van der Waals surface area contributed by atoms with Gasteiger partial charge in [0, 0.05) is 23.5 Å². The van der Waals surface area contributed by atoms with Gasteiger partial charge >= 0.3 is 0 Å². The third kappa shape index (κ3) is 3.15. The van der Waals surface area contributed by atoms with Gasteiger partial charge in [-0.2, -0.15) is 0 Å². The second kappa shape index (κ2) is 7.12. The Labute approximate surface area is 161 Å². The molecule has 0 amide bonds. The first kappa shape index (κ1) is 18.2. The maximum absolute atomic E-state index is 13.9. The van der Waals surface area contributed by atoms with Crippen LogP contribution in [0.3, 0.4) is 0 Å². The Bertz CT molecular complexity index is 1050. The molecule has 1 aliphatic rings. The molecular weight excluding hydrogens is 361 g/mol. The third-order valence-electron chi connectivity index (χ3n) is 5.20. The Hall–Kier alpha value is -3.14. The van der Waals surface area contributed by atoms with Crippen molar-refractivity contribution in [2.24, 2.45) is 5.92 Å². The summed E-state index contributed by atoms with van der Waals surface area (Å²) in [5.41, 5.74) is 2.98. The van der Waals surface area contributed by atoms with Crippen molar-refractivity contribution in [2.75, 3.05) is 0 Å². The van der Waals surface area contributed by atoms with Gasteiger partial charge in [-0.3, -0.25) is 4.79 Å². The molecule has 1 aliphatic carbocycles. The topological polar surface area (TPSA) is 17.1 Å². The molecule has 3 aromatic carbocycles. The molecule has 0 bridgehead atoms. The second-order valence-corrected chi connectivity index (χ2v) is 6.99. The van der Waals surface area contributed by atoms with Crippen molar-refractivity contribution in [2.45, 2.75) is 12.8 Å². The summed E-state index contributed by atoms with van der Waals surface area (Å²) < 4.78 is 41.2. The fraction of sp³-hybridized carbons (Fsp3) is 0.125. The molecule has 0 radical (unpaired) electrons. The molecule has 4 heteroatoms. The van der Waals surface area contributed by atoms with E-state index in [4.69, 9.17) is 0 Å². The lowest BCUT2D eigenvalue weighted by Gasteiger charge is -2.20. The average Bonchev–Trinajstić information content (AvgIpc) is 2.94. The fourth-order valence-corrected chi connectivity index (χ4v) is 3.98. The minimum absolute atomic E-state index is 0.125. The lowest BCUT2D eigenvalue weighted by Crippen LogP contribution is -2.13. The van der Waals surface area contributed by atoms with Crippen LogP contribution in [-0.4, -0.2) is 5.78 Å². The van der Waals surface area contributed by atoms with Crippen molar-refractivity contribution in [3.05, 3.63) is 107 Å². The molecule has 0 aliphatic heterocycles. The summed E-state index contributed by atoms with van der Waals surface area (Å²) in [5.74, 6) is -2.89. The predicted molar refractivity (Wildman–Crippen MR) is 103 cm³/mol. The minimum atomic E-state index is -0.683. The quantitative estimate of drug-likeness (QED) is 0.545. The first-order valence-electron chi connectivity index (χ1n) is 9.01. The van der Waals surface area contributed by atoms with Crippen LogP contribution in [-0.2, 0) is 4.79 Å². The zero-order chi connectivity index (χ0) is 19.8. The van der Waals surface area contributed by atoms with Gasteiger partial charge in [0.1, 0.15) is 17.5 Å². The first-order valence-corrected chi connectivity index (χ1v) is 9.01. The molecule has 1 nitrogen and oxygen atoms in total. The van der Waals surface area contributed by atoms with Crippen molar-refractivity contribution in [3.8, 4) is 0 Å². The summed E-state index contributed by atoms with van der Waals surface area (Å²) in [5, 5.41) is 0. The van der Waals surface area contributed by atoms with Crippen molar-refractivity contribution in [1.82, 2.24) is 0 Å². The molecule has 3 aromatic rings. The number of ketones is 1. The number of benzene rings is 3. The maximum atomic E-state index is 13.9. The monoisotopic (exact) mass is 378 g/mol. The molecule has 0 saturated heterocycles. The highest BCUT2D eigenvalue weighted by Crippen LogP contribution is 2.50. The minimum Gasteiger partial charge on any atom is -0.294 e. The van der Waals surface area contributed by atoms with E-state index in [1.54, 1.807) is 19.1 Å². The van der Waals surface area contributed by atoms with Gasteiger partial charge in [0.15, 0.2) is 5.78 Å². The summed E-state index contributed by atoms with van der Waals surface area (Å²) in [6, 6.07) is 18.4. The Kier molecular flexibility index (Phi) is 4.63. The Balaban J connectivity index is 1.99. The molecule has 0 fully saturated rings. The average molecular weight is 378 g/mol. The number of carbonyl (C=O) groups excluding carboxylic acids is 1. The molecule has 2 atom stereocenters. The maximum Gasteiger partial charge on any atom is 0.167 e. The van der Waals surface area contributed by atoms with E-state index < -0.39 is 29.3 Å². The SMILES string of the molecule is C[C@@H]1C(=O)C(c2ccc(F)cc2)=C(c2ccccc2)C1c1cc(F)cc(F)c1. The zero-order valence-electron chi connectivity index (χ0n) is 15.1. The number of rotatable bonds is 3. The molecule has 0 N–H and O–H groups in total. The summed E-state index contributed by atoms with van der Waals surface area (Å²) in [4.78, 5) is 13.2. The van der Waals surface area contributed by atoms with Gasteiger partial charge in [-0.1, -0.05) is 49.4 Å². The lowest BCUT2D eigenvalue weighted by molar-refractivity contribution is -0.116. The van der Waals surface area contributed by atoms with Crippen LogP contribution < -0.4 is 0 Å². The van der Waals surface area contributed by atoms with Gasteiger partial charge in [0.25, 0.3) is 0 Å². The molecule has 140 valence electrons. The van der Waals surface area contributed by atoms with Crippen LogP contribution >= 0.6 is 0 Å². The van der Waals surface area contributed by atoms with Gasteiger partial charge in [0.2, 0.25) is 0 Å². The van der Waals surface area contributed by atoms with E-state index in [9.17, 15) is 18.0 Å². The van der Waals surface area contributed by atoms with E-state index >= 15 is 0 Å². The number of allylic oxidation sites excluding steroid dienone is 2. The summed E-state index contributed by atoms with van der Waals surface area (Å²) in [7, 11) is 0. The van der Waals surface area contributed by atoms with Crippen LogP contribution in [0.4, 0.5) is 13.2 Å². The number of hydrogen-bond acceptors (Lipinski definition) is 1. The van der Waals surface area contributed by atoms with Gasteiger partial charge in [0.05, 0.1) is 0 Å². The lowest BCUT2D eigenvalue weighted by atomic mass is 9.82. The molecule has 0 heterocycles. The van der Waals surface area contributed by atoms with Gasteiger partial charge in [-0.15, -0.1) is 0 Å². The van der Waals surface area contributed by atoms with E-state index in [-0.39, 0.29) is 5.78 Å². The van der Waals surface area contributed by atoms with Gasteiger partial charge in [-0.05, 0) is 46.5 Å². The normalized spacial score (nSPS) is 19.4. The van der Waals surface area contributed by atoms with Crippen LogP contribution in [0.5, 0.6) is 0 Å². The predicted octanol–water partition coefficient (Wildman–Crippen LogP) is 6.02. The summed E-state index contributed by atoms with van der Waals surface area (Å²) >= 11 is 0. The molecule has 0 aromatic heterocycles. The molecule has 1 unspecified atom stereocenters. The van der Waals surface area contributed by atoms with E-state index in [1.807, 2.05) is 30.3 Å². The summed E-state index contributed by atoms with van der Waals surface area (Å²) in [6.07, 6.45) is 0. The highest BCUT2D eigenvalue weighted by Gasteiger charge is 2.41. The number of hydrogen-bond donors (Lipinski definition) is 0. The van der Waals surface area contributed by atoms with Crippen LogP contribution in [0.2, 0.25) is 0 Å². The van der Waals surface area contributed by atoms with Crippen LogP contribution in [0.25, 0.3) is 11.1 Å². The Morgan fingerprint density at radius 1 is 0.714 bits per heavy atom. The number of carbonyl (C=O) groups is 1. The van der Waals surface area contributed by atoms with Crippen LogP contribution in [0.1, 0.15) is 29.5 Å². The first-order chi connectivity index (χ1) is 13.5. The molecule has 0 spiro atoms. The van der Waals surface area contributed by atoms with E-state index in [1.165, 1.54) is 24.3 Å². The highest BCUT2D eigenvalue weighted by atomic mass is 19.1. The van der Waals surface area contributed by atoms with Crippen LogP contribution in [0.15, 0.2) is 72.8 Å². The third-order valence-corrected chi connectivity index (χ3v) is 5.20. The smallest absolute Gasteiger partial charge is 0.167 e. The van der Waals surface area contributed by atoms with Gasteiger partial charge < -0.3 is 0 Å². The number of Topliss-reactive ketones (excluding diaryl/α,β-unsaturated/α-hetero) is 1. The molecular formula is C24H17F3O. The van der Waals surface area contributed by atoms with Crippen molar-refractivity contribution in [3.63, 3.8) is 0 Å².